The van der Waals surface area contributed by atoms with Crippen LogP contribution in [0.15, 0.2) is 69.5 Å². The van der Waals surface area contributed by atoms with Crippen LogP contribution in [0.4, 0.5) is 5.69 Å². The number of oxazole rings is 1. The molecule has 0 aliphatic carbocycles. The molecule has 7 heteroatoms. The second kappa shape index (κ2) is 8.76. The van der Waals surface area contributed by atoms with Crippen molar-refractivity contribution in [1.29, 1.82) is 0 Å². The summed E-state index contributed by atoms with van der Waals surface area (Å²) >= 11 is 5.41. The van der Waals surface area contributed by atoms with Crippen LogP contribution in [-0.2, 0) is 6.42 Å². The first kappa shape index (κ1) is 21.9. The summed E-state index contributed by atoms with van der Waals surface area (Å²) < 4.78 is 11.7. The number of furan rings is 1. The smallest absolute Gasteiger partial charge is 0.293 e. The SMILES string of the molecule is CCc1ccc2oc(-c3ccc(C)c(NC(=S)NC(=O)c4oc5ccccc5c4C)c3)nc2c1. The molecule has 0 spiro atoms. The Labute approximate surface area is 202 Å². The summed E-state index contributed by atoms with van der Waals surface area (Å²) in [5.41, 5.74) is 6.74. The van der Waals surface area contributed by atoms with E-state index in [0.29, 0.717) is 11.5 Å². The molecule has 5 aromatic rings. The second-order valence-corrected chi connectivity index (χ2v) is 8.57. The van der Waals surface area contributed by atoms with Gasteiger partial charge in [-0.15, -0.1) is 0 Å². The van der Waals surface area contributed by atoms with Crippen LogP contribution in [0.25, 0.3) is 33.5 Å². The Morgan fingerprint density at radius 1 is 1.00 bits per heavy atom. The maximum atomic E-state index is 12.8. The number of nitrogens with one attached hydrogen (secondary N) is 2. The highest BCUT2D eigenvalue weighted by atomic mass is 32.1. The molecule has 0 unspecified atom stereocenters. The lowest BCUT2D eigenvalue weighted by molar-refractivity contribution is 0.0952. The van der Waals surface area contributed by atoms with E-state index in [2.05, 4.69) is 22.5 Å². The van der Waals surface area contributed by atoms with E-state index in [1.807, 2.05) is 74.5 Å². The van der Waals surface area contributed by atoms with E-state index in [9.17, 15) is 4.79 Å². The van der Waals surface area contributed by atoms with Crippen molar-refractivity contribution in [3.8, 4) is 11.5 Å². The molecular formula is C27H23N3O3S. The van der Waals surface area contributed by atoms with Crippen LogP contribution in [0.1, 0.15) is 34.2 Å². The quantitative estimate of drug-likeness (QED) is 0.291. The van der Waals surface area contributed by atoms with Gasteiger partial charge in [0, 0.05) is 22.2 Å². The summed E-state index contributed by atoms with van der Waals surface area (Å²) in [6, 6.07) is 19.4. The third-order valence-corrected chi connectivity index (χ3v) is 6.07. The van der Waals surface area contributed by atoms with Gasteiger partial charge in [0.1, 0.15) is 11.1 Å². The summed E-state index contributed by atoms with van der Waals surface area (Å²) in [5.74, 6) is 0.374. The first-order chi connectivity index (χ1) is 16.4. The van der Waals surface area contributed by atoms with Crippen molar-refractivity contribution in [3.05, 3.63) is 83.1 Å². The van der Waals surface area contributed by atoms with Crippen molar-refractivity contribution < 1.29 is 13.6 Å². The largest absolute Gasteiger partial charge is 0.451 e. The Balaban J connectivity index is 1.36. The molecule has 2 N–H and O–H groups in total. The molecule has 0 aliphatic rings. The maximum Gasteiger partial charge on any atom is 0.293 e. The van der Waals surface area contributed by atoms with Crippen molar-refractivity contribution in [2.75, 3.05) is 5.32 Å². The Kier molecular flexibility index (Phi) is 5.63. The van der Waals surface area contributed by atoms with E-state index in [0.717, 1.165) is 45.3 Å². The molecule has 0 aliphatic heterocycles. The third kappa shape index (κ3) is 4.06. The van der Waals surface area contributed by atoms with Gasteiger partial charge in [-0.1, -0.05) is 37.3 Å². The Morgan fingerprint density at radius 2 is 1.82 bits per heavy atom. The number of aryl methyl sites for hydroxylation is 3. The van der Waals surface area contributed by atoms with Crippen molar-refractivity contribution in [3.63, 3.8) is 0 Å². The van der Waals surface area contributed by atoms with E-state index in [-0.39, 0.29) is 10.9 Å². The van der Waals surface area contributed by atoms with Gasteiger partial charge in [-0.25, -0.2) is 4.98 Å². The number of nitrogens with zero attached hydrogens (tertiary/aromatic N) is 1. The number of amides is 1. The molecule has 0 atom stereocenters. The number of hydrogen-bond acceptors (Lipinski definition) is 5. The number of thiocarbonyl (C=S) groups is 1. The molecule has 0 saturated carbocycles. The lowest BCUT2D eigenvalue weighted by atomic mass is 10.1. The van der Waals surface area contributed by atoms with Gasteiger partial charge in [0.05, 0.1) is 0 Å². The Bertz CT molecular complexity index is 1560. The zero-order valence-corrected chi connectivity index (χ0v) is 19.9. The van der Waals surface area contributed by atoms with Gasteiger partial charge in [-0.05, 0) is 73.9 Å². The molecule has 0 saturated heterocycles. The van der Waals surface area contributed by atoms with Crippen LogP contribution in [-0.4, -0.2) is 16.0 Å². The van der Waals surface area contributed by atoms with E-state index in [4.69, 9.17) is 21.1 Å². The van der Waals surface area contributed by atoms with Crippen molar-refractivity contribution in [1.82, 2.24) is 10.3 Å². The van der Waals surface area contributed by atoms with E-state index in [1.165, 1.54) is 5.56 Å². The van der Waals surface area contributed by atoms with Crippen LogP contribution >= 0.6 is 12.2 Å². The highest BCUT2D eigenvalue weighted by Crippen LogP contribution is 2.29. The number of carbonyl (C=O) groups excluding carboxylic acids is 1. The van der Waals surface area contributed by atoms with Gasteiger partial charge in [0.15, 0.2) is 16.5 Å². The first-order valence-electron chi connectivity index (χ1n) is 11.0. The minimum absolute atomic E-state index is 0.176. The van der Waals surface area contributed by atoms with E-state index >= 15 is 0 Å². The average Bonchev–Trinajstić information content (AvgIpc) is 3.41. The lowest BCUT2D eigenvalue weighted by Gasteiger charge is -2.12. The van der Waals surface area contributed by atoms with E-state index < -0.39 is 5.91 Å². The maximum absolute atomic E-state index is 12.8. The van der Waals surface area contributed by atoms with Gasteiger partial charge in [0.2, 0.25) is 5.89 Å². The summed E-state index contributed by atoms with van der Waals surface area (Å²) in [4.78, 5) is 17.5. The highest BCUT2D eigenvalue weighted by molar-refractivity contribution is 7.80. The Hall–Kier alpha value is -3.97. The lowest BCUT2D eigenvalue weighted by Crippen LogP contribution is -2.34. The van der Waals surface area contributed by atoms with Gasteiger partial charge < -0.3 is 14.2 Å². The van der Waals surface area contributed by atoms with Gasteiger partial charge in [-0.3, -0.25) is 10.1 Å². The molecule has 3 aromatic carbocycles. The van der Waals surface area contributed by atoms with Crippen LogP contribution in [0.5, 0.6) is 0 Å². The molecule has 6 nitrogen and oxygen atoms in total. The zero-order chi connectivity index (χ0) is 23.8. The molecule has 1 amide bonds. The molecule has 34 heavy (non-hydrogen) atoms. The van der Waals surface area contributed by atoms with Crippen LogP contribution in [0.2, 0.25) is 0 Å². The highest BCUT2D eigenvalue weighted by Gasteiger charge is 2.19. The predicted octanol–water partition coefficient (Wildman–Crippen LogP) is 6.55. The van der Waals surface area contributed by atoms with Crippen molar-refractivity contribution in [2.24, 2.45) is 0 Å². The molecule has 0 bridgehead atoms. The van der Waals surface area contributed by atoms with Crippen molar-refractivity contribution in [2.45, 2.75) is 27.2 Å². The van der Waals surface area contributed by atoms with E-state index in [1.54, 1.807) is 0 Å². The fourth-order valence-corrected chi connectivity index (χ4v) is 4.11. The fourth-order valence-electron chi connectivity index (χ4n) is 3.91. The molecule has 2 aromatic heterocycles. The molecule has 2 heterocycles. The van der Waals surface area contributed by atoms with Crippen LogP contribution in [0.3, 0.4) is 0 Å². The number of carbonyl (C=O) groups is 1. The number of para-hydroxylation sites is 1. The number of benzene rings is 3. The number of anilines is 1. The Morgan fingerprint density at radius 3 is 2.62 bits per heavy atom. The number of hydrogen-bond donors (Lipinski definition) is 2. The van der Waals surface area contributed by atoms with Gasteiger partial charge in [-0.2, -0.15) is 0 Å². The fraction of sp³-hybridized carbons (Fsp3) is 0.148. The number of aromatic nitrogens is 1. The van der Waals surface area contributed by atoms with Crippen LogP contribution < -0.4 is 10.6 Å². The summed E-state index contributed by atoms with van der Waals surface area (Å²) in [6.07, 6.45) is 0.938. The summed E-state index contributed by atoms with van der Waals surface area (Å²) in [5, 5.41) is 6.91. The third-order valence-electron chi connectivity index (χ3n) is 5.87. The minimum atomic E-state index is -0.398. The molecule has 0 fully saturated rings. The summed E-state index contributed by atoms with van der Waals surface area (Å²) in [7, 11) is 0. The average molecular weight is 470 g/mol. The topological polar surface area (TPSA) is 80.3 Å². The normalized spacial score (nSPS) is 11.1. The molecule has 170 valence electrons. The second-order valence-electron chi connectivity index (χ2n) is 8.16. The minimum Gasteiger partial charge on any atom is -0.451 e. The zero-order valence-electron chi connectivity index (χ0n) is 19.1. The molecular weight excluding hydrogens is 446 g/mol. The summed E-state index contributed by atoms with van der Waals surface area (Å²) in [6.45, 7) is 5.92. The van der Waals surface area contributed by atoms with Gasteiger partial charge >= 0.3 is 0 Å². The van der Waals surface area contributed by atoms with Gasteiger partial charge in [0.25, 0.3) is 5.91 Å². The monoisotopic (exact) mass is 469 g/mol. The number of rotatable bonds is 4. The van der Waals surface area contributed by atoms with Crippen molar-refractivity contribution >= 4 is 51.0 Å². The predicted molar refractivity (Wildman–Crippen MR) is 138 cm³/mol. The molecule has 5 rings (SSSR count). The number of fused-ring (bicyclic) bond motifs is 2. The molecule has 0 radical (unpaired) electrons. The first-order valence-corrected chi connectivity index (χ1v) is 11.4. The standard InChI is InChI=1S/C27H23N3O3S/c1-4-17-10-12-23-21(13-17)28-26(33-23)18-11-9-15(2)20(14-18)29-27(34)30-25(31)24-16(3)19-7-5-6-8-22(19)32-24/h5-14H,4H2,1-3H3,(H2,29,30,31,34). The van der Waals surface area contributed by atoms with Crippen LogP contribution in [0, 0.1) is 13.8 Å².